The Labute approximate surface area is 157 Å². The number of methoxy groups -OCH3 is 1. The predicted molar refractivity (Wildman–Crippen MR) is 99.4 cm³/mol. The second kappa shape index (κ2) is 8.79. The normalized spacial score (nSPS) is 10.4. The van der Waals surface area contributed by atoms with Gasteiger partial charge in [0.1, 0.15) is 24.7 Å². The first-order chi connectivity index (χ1) is 13.2. The number of carbonyl (C=O) groups is 1. The van der Waals surface area contributed by atoms with Crippen molar-refractivity contribution in [2.24, 2.45) is 0 Å². The molecule has 0 unspecified atom stereocenters. The zero-order chi connectivity index (χ0) is 19.1. The summed E-state index contributed by atoms with van der Waals surface area (Å²) in [4.78, 5) is 15.2. The van der Waals surface area contributed by atoms with E-state index in [-0.39, 0.29) is 12.5 Å². The maximum Gasteiger partial charge on any atom is 0.246 e. The molecule has 0 atom stereocenters. The van der Waals surface area contributed by atoms with E-state index < -0.39 is 0 Å². The minimum atomic E-state index is -0.120. The largest absolute Gasteiger partial charge is 0.497 e. The van der Waals surface area contributed by atoms with Crippen LogP contribution in [-0.4, -0.2) is 58.3 Å². The van der Waals surface area contributed by atoms with E-state index in [0.29, 0.717) is 19.0 Å². The highest BCUT2D eigenvalue weighted by molar-refractivity contribution is 5.75. The zero-order valence-electron chi connectivity index (χ0n) is 15.3. The van der Waals surface area contributed by atoms with Crippen LogP contribution in [0, 0.1) is 0 Å². The Morgan fingerprint density at radius 1 is 1.07 bits per heavy atom. The lowest BCUT2D eigenvalue weighted by Crippen LogP contribution is -2.34. The summed E-state index contributed by atoms with van der Waals surface area (Å²) >= 11 is 0. The molecule has 0 aliphatic rings. The minimum Gasteiger partial charge on any atom is -0.497 e. The van der Waals surface area contributed by atoms with Gasteiger partial charge in [-0.1, -0.05) is 30.3 Å². The Hall–Kier alpha value is -3.42. The van der Waals surface area contributed by atoms with Gasteiger partial charge in [-0.2, -0.15) is 4.80 Å². The molecule has 1 heterocycles. The molecule has 0 bridgehead atoms. The van der Waals surface area contributed by atoms with Crippen LogP contribution < -0.4 is 9.47 Å². The van der Waals surface area contributed by atoms with Crippen molar-refractivity contribution in [2.45, 2.75) is 6.54 Å². The fraction of sp³-hybridized carbons (Fsp3) is 0.263. The summed E-state index contributed by atoms with van der Waals surface area (Å²) in [7, 11) is 3.33. The summed E-state index contributed by atoms with van der Waals surface area (Å²) in [5.74, 6) is 1.87. The van der Waals surface area contributed by atoms with Gasteiger partial charge < -0.3 is 14.4 Å². The Morgan fingerprint density at radius 2 is 1.78 bits per heavy atom. The number of hydrogen-bond donors (Lipinski definition) is 0. The lowest BCUT2D eigenvalue weighted by atomic mass is 10.2. The lowest BCUT2D eigenvalue weighted by molar-refractivity contribution is -0.131. The second-order valence-corrected chi connectivity index (χ2v) is 5.85. The number of hydrogen-bond acceptors (Lipinski definition) is 6. The standard InChI is InChI=1S/C19H21N5O3/c1-23(12-13-27-17-10-8-16(26-2)9-11-17)18(25)14-24-21-19(20-22-24)15-6-4-3-5-7-15/h3-11H,12-14H2,1-2H3. The Bertz CT molecular complexity index is 865. The summed E-state index contributed by atoms with van der Waals surface area (Å²) < 4.78 is 10.7. The first-order valence-electron chi connectivity index (χ1n) is 8.50. The van der Waals surface area contributed by atoms with E-state index in [1.54, 1.807) is 19.1 Å². The molecule has 0 aliphatic heterocycles. The van der Waals surface area contributed by atoms with Crippen LogP contribution in [0.2, 0.25) is 0 Å². The highest BCUT2D eigenvalue weighted by Gasteiger charge is 2.13. The van der Waals surface area contributed by atoms with E-state index >= 15 is 0 Å². The molecule has 0 fully saturated rings. The van der Waals surface area contributed by atoms with Gasteiger partial charge >= 0.3 is 0 Å². The molecule has 3 rings (SSSR count). The van der Waals surface area contributed by atoms with Gasteiger partial charge in [-0.25, -0.2) is 0 Å². The third-order valence-electron chi connectivity index (χ3n) is 3.94. The van der Waals surface area contributed by atoms with Crippen molar-refractivity contribution in [3.05, 3.63) is 54.6 Å². The molecule has 0 N–H and O–H groups in total. The number of tetrazole rings is 1. The minimum absolute atomic E-state index is 0.0267. The predicted octanol–water partition coefficient (Wildman–Crippen LogP) is 1.89. The Balaban J connectivity index is 1.47. The molecular weight excluding hydrogens is 346 g/mol. The van der Waals surface area contributed by atoms with Gasteiger partial charge in [0.25, 0.3) is 0 Å². The molecule has 0 saturated carbocycles. The van der Waals surface area contributed by atoms with E-state index in [0.717, 1.165) is 17.1 Å². The quantitative estimate of drug-likeness (QED) is 0.605. The molecule has 2 aromatic carbocycles. The maximum absolute atomic E-state index is 12.3. The van der Waals surface area contributed by atoms with Gasteiger partial charge in [-0.05, 0) is 29.5 Å². The molecule has 8 heteroatoms. The number of benzene rings is 2. The van der Waals surface area contributed by atoms with Crippen LogP contribution in [0.5, 0.6) is 11.5 Å². The summed E-state index contributed by atoms with van der Waals surface area (Å²) in [5, 5.41) is 12.2. The summed E-state index contributed by atoms with van der Waals surface area (Å²) in [6, 6.07) is 16.8. The summed E-state index contributed by atoms with van der Waals surface area (Å²) in [5.41, 5.74) is 0.859. The molecule has 140 valence electrons. The number of carbonyl (C=O) groups excluding carboxylic acids is 1. The van der Waals surface area contributed by atoms with Crippen molar-refractivity contribution < 1.29 is 14.3 Å². The maximum atomic E-state index is 12.3. The molecule has 0 radical (unpaired) electrons. The fourth-order valence-electron chi connectivity index (χ4n) is 2.35. The first kappa shape index (κ1) is 18.4. The van der Waals surface area contributed by atoms with Crippen molar-refractivity contribution in [1.82, 2.24) is 25.1 Å². The molecule has 0 spiro atoms. The Morgan fingerprint density at radius 3 is 2.48 bits per heavy atom. The van der Waals surface area contributed by atoms with Crippen LogP contribution in [0.15, 0.2) is 54.6 Å². The number of rotatable bonds is 8. The van der Waals surface area contributed by atoms with Crippen LogP contribution in [0.25, 0.3) is 11.4 Å². The van der Waals surface area contributed by atoms with Crippen LogP contribution in [0.4, 0.5) is 0 Å². The van der Waals surface area contributed by atoms with E-state index in [1.165, 1.54) is 4.80 Å². The number of aromatic nitrogens is 4. The van der Waals surface area contributed by atoms with Gasteiger partial charge in [-0.3, -0.25) is 4.79 Å². The second-order valence-electron chi connectivity index (χ2n) is 5.85. The van der Waals surface area contributed by atoms with Crippen molar-refractivity contribution in [1.29, 1.82) is 0 Å². The smallest absolute Gasteiger partial charge is 0.246 e. The number of likely N-dealkylation sites (N-methyl/N-ethyl adjacent to an activating group) is 1. The first-order valence-corrected chi connectivity index (χ1v) is 8.50. The monoisotopic (exact) mass is 367 g/mol. The van der Waals surface area contributed by atoms with Crippen molar-refractivity contribution in [3.63, 3.8) is 0 Å². The third kappa shape index (κ3) is 5.04. The molecule has 3 aromatic rings. The van der Waals surface area contributed by atoms with E-state index in [4.69, 9.17) is 9.47 Å². The van der Waals surface area contributed by atoms with Gasteiger partial charge in [-0.15, -0.1) is 10.2 Å². The Kier molecular flexibility index (Phi) is 5.98. The molecule has 0 aliphatic carbocycles. The molecular formula is C19H21N5O3. The number of amides is 1. The van der Waals surface area contributed by atoms with E-state index in [1.807, 2.05) is 54.6 Å². The fourth-order valence-corrected chi connectivity index (χ4v) is 2.35. The summed E-state index contributed by atoms with van der Waals surface area (Å²) in [6.07, 6.45) is 0. The van der Waals surface area contributed by atoms with Crippen LogP contribution >= 0.6 is 0 Å². The van der Waals surface area contributed by atoms with E-state index in [9.17, 15) is 4.79 Å². The zero-order valence-corrected chi connectivity index (χ0v) is 15.3. The molecule has 0 saturated heterocycles. The number of ether oxygens (including phenoxy) is 2. The van der Waals surface area contributed by atoms with Gasteiger partial charge in [0.2, 0.25) is 11.7 Å². The molecule has 27 heavy (non-hydrogen) atoms. The van der Waals surface area contributed by atoms with Crippen LogP contribution in [0.3, 0.4) is 0 Å². The lowest BCUT2D eigenvalue weighted by Gasteiger charge is -2.17. The van der Waals surface area contributed by atoms with Gasteiger partial charge in [0.05, 0.1) is 13.7 Å². The molecule has 8 nitrogen and oxygen atoms in total. The molecule has 1 amide bonds. The highest BCUT2D eigenvalue weighted by atomic mass is 16.5. The summed E-state index contributed by atoms with van der Waals surface area (Å²) in [6.45, 7) is 0.860. The average Bonchev–Trinajstić information content (AvgIpc) is 3.17. The average molecular weight is 367 g/mol. The van der Waals surface area contributed by atoms with Crippen molar-refractivity contribution in [3.8, 4) is 22.9 Å². The van der Waals surface area contributed by atoms with E-state index in [2.05, 4.69) is 15.4 Å². The van der Waals surface area contributed by atoms with Crippen molar-refractivity contribution >= 4 is 5.91 Å². The highest BCUT2D eigenvalue weighted by Crippen LogP contribution is 2.16. The SMILES string of the molecule is COc1ccc(OCCN(C)C(=O)Cn2nnc(-c3ccccc3)n2)cc1. The number of nitrogens with zero attached hydrogens (tertiary/aromatic N) is 5. The third-order valence-corrected chi connectivity index (χ3v) is 3.94. The van der Waals surface area contributed by atoms with Crippen LogP contribution in [-0.2, 0) is 11.3 Å². The van der Waals surface area contributed by atoms with Crippen LogP contribution in [0.1, 0.15) is 0 Å². The van der Waals surface area contributed by atoms with Gasteiger partial charge in [0, 0.05) is 12.6 Å². The molecule has 1 aromatic heterocycles. The van der Waals surface area contributed by atoms with Gasteiger partial charge in [0.15, 0.2) is 0 Å². The van der Waals surface area contributed by atoms with Crippen molar-refractivity contribution in [2.75, 3.05) is 27.3 Å². The topological polar surface area (TPSA) is 82.4 Å².